The highest BCUT2D eigenvalue weighted by Gasteiger charge is 2.31. The van der Waals surface area contributed by atoms with Crippen LogP contribution in [0.3, 0.4) is 0 Å². The number of amides is 1. The van der Waals surface area contributed by atoms with Crippen molar-refractivity contribution >= 4 is 15.9 Å². The minimum absolute atomic E-state index is 0.149. The van der Waals surface area contributed by atoms with Crippen LogP contribution in [0, 0.1) is 5.92 Å². The number of carbonyl (C=O) groups excluding carboxylic acids is 1. The van der Waals surface area contributed by atoms with Crippen LogP contribution in [0.15, 0.2) is 22.7 Å². The summed E-state index contributed by atoms with van der Waals surface area (Å²) in [5.74, 6) is 1.30. The zero-order chi connectivity index (χ0) is 22.7. The lowest BCUT2D eigenvalue weighted by Gasteiger charge is -2.34. The molecule has 2 aliphatic carbocycles. The van der Waals surface area contributed by atoms with Gasteiger partial charge in [0.2, 0.25) is 10.0 Å². The molecule has 1 aliphatic heterocycles. The molecule has 0 radical (unpaired) electrons. The summed E-state index contributed by atoms with van der Waals surface area (Å²) >= 11 is 0. The molecule has 1 amide bonds. The predicted octanol–water partition coefficient (Wildman–Crippen LogP) is 2.80. The summed E-state index contributed by atoms with van der Waals surface area (Å²) in [4.78, 5) is 15.0. The van der Waals surface area contributed by atoms with Gasteiger partial charge in [-0.3, -0.25) is 4.79 Å². The molecular weight excluding hydrogens is 428 g/mol. The highest BCUT2D eigenvalue weighted by Crippen LogP contribution is 2.40. The van der Waals surface area contributed by atoms with E-state index in [2.05, 4.69) is 33.9 Å². The first-order chi connectivity index (χ1) is 15.3. The Labute approximate surface area is 191 Å². The van der Waals surface area contributed by atoms with E-state index in [1.807, 2.05) is 12.2 Å². The number of piperidine rings is 1. The van der Waals surface area contributed by atoms with Crippen molar-refractivity contribution in [3.63, 3.8) is 0 Å². The van der Waals surface area contributed by atoms with E-state index in [0.29, 0.717) is 36.9 Å². The third-order valence-electron chi connectivity index (χ3n) is 6.83. The third kappa shape index (κ3) is 6.42. The van der Waals surface area contributed by atoms with Gasteiger partial charge in [-0.15, -0.1) is 0 Å². The first kappa shape index (κ1) is 23.4. The van der Waals surface area contributed by atoms with Crippen LogP contribution in [-0.4, -0.2) is 61.3 Å². The van der Waals surface area contributed by atoms with Crippen molar-refractivity contribution in [2.75, 3.05) is 18.8 Å². The van der Waals surface area contributed by atoms with Crippen molar-refractivity contribution in [3.05, 3.63) is 29.7 Å². The molecule has 4 rings (SSSR count). The highest BCUT2D eigenvalue weighted by molar-refractivity contribution is 7.89. The molecule has 178 valence electrons. The molecule has 2 atom stereocenters. The van der Waals surface area contributed by atoms with Crippen LogP contribution in [0.2, 0.25) is 0 Å². The number of hydrogen-bond acceptors (Lipinski definition) is 6. The summed E-state index contributed by atoms with van der Waals surface area (Å²) in [6.45, 7) is 6.29. The number of carbonyl (C=O) groups is 1. The van der Waals surface area contributed by atoms with Crippen LogP contribution in [0.25, 0.3) is 0 Å². The molecule has 1 saturated heterocycles. The lowest BCUT2D eigenvalue weighted by molar-refractivity contribution is 0.0925. The van der Waals surface area contributed by atoms with E-state index in [0.717, 1.165) is 44.5 Å². The average molecular weight is 465 g/mol. The molecule has 2 N–H and O–H groups in total. The fourth-order valence-corrected chi connectivity index (χ4v) is 6.49. The van der Waals surface area contributed by atoms with Gasteiger partial charge in [-0.25, -0.2) is 13.1 Å². The minimum Gasteiger partial charge on any atom is -0.360 e. The predicted molar refractivity (Wildman–Crippen MR) is 123 cm³/mol. The first-order valence-corrected chi connectivity index (χ1v) is 13.6. The largest absolute Gasteiger partial charge is 0.360 e. The van der Waals surface area contributed by atoms with Gasteiger partial charge in [-0.2, -0.15) is 0 Å². The number of hydrogen-bond donors (Lipinski definition) is 2. The number of rotatable bonds is 8. The van der Waals surface area contributed by atoms with Gasteiger partial charge < -0.3 is 14.7 Å². The van der Waals surface area contributed by atoms with Crippen molar-refractivity contribution in [1.82, 2.24) is 20.1 Å². The van der Waals surface area contributed by atoms with Crippen molar-refractivity contribution < 1.29 is 17.7 Å². The number of sulfonamides is 1. The standard InChI is InChI=1S/C23H36N4O4S/c1-16(2)27-11-9-17(10-12-27)15-32(29,30)26-20-6-4-3-5-19(13-20)24-23(28)21-14-22(31-25-21)18-7-8-18/h3-4,14,16-20,26H,5-13,15H2,1-2H3,(H,24,28)/t19-,20-/m0/s1. The van der Waals surface area contributed by atoms with Gasteiger partial charge in [0.25, 0.3) is 5.91 Å². The monoisotopic (exact) mass is 464 g/mol. The maximum absolute atomic E-state index is 12.9. The van der Waals surface area contributed by atoms with Gasteiger partial charge >= 0.3 is 0 Å². The second-order valence-corrected chi connectivity index (χ2v) is 11.7. The zero-order valence-electron chi connectivity index (χ0n) is 19.1. The Kier molecular flexibility index (Phi) is 7.37. The molecule has 0 spiro atoms. The minimum atomic E-state index is -3.38. The fourth-order valence-electron chi connectivity index (χ4n) is 4.74. The molecule has 1 saturated carbocycles. The number of likely N-dealkylation sites (tertiary alicyclic amines) is 1. The van der Waals surface area contributed by atoms with Crippen LogP contribution in [0.5, 0.6) is 0 Å². The van der Waals surface area contributed by atoms with Crippen LogP contribution >= 0.6 is 0 Å². The number of nitrogens with one attached hydrogen (secondary N) is 2. The third-order valence-corrected chi connectivity index (χ3v) is 8.44. The Morgan fingerprint density at radius 2 is 1.84 bits per heavy atom. The lowest BCUT2D eigenvalue weighted by Crippen LogP contribution is -2.45. The Morgan fingerprint density at radius 3 is 2.50 bits per heavy atom. The summed E-state index contributed by atoms with van der Waals surface area (Å²) in [5.41, 5.74) is 0.296. The first-order valence-electron chi connectivity index (χ1n) is 12.0. The van der Waals surface area contributed by atoms with E-state index in [-0.39, 0.29) is 29.7 Å². The second-order valence-electron chi connectivity index (χ2n) is 9.91. The average Bonchev–Trinajstić information content (AvgIpc) is 3.50. The summed E-state index contributed by atoms with van der Waals surface area (Å²) < 4.78 is 33.9. The smallest absolute Gasteiger partial charge is 0.273 e. The Balaban J connectivity index is 1.28. The molecule has 0 unspecified atom stereocenters. The summed E-state index contributed by atoms with van der Waals surface area (Å²) in [5, 5.41) is 6.91. The van der Waals surface area contributed by atoms with Crippen molar-refractivity contribution in [2.24, 2.45) is 5.92 Å². The van der Waals surface area contributed by atoms with Crippen LogP contribution < -0.4 is 10.0 Å². The van der Waals surface area contributed by atoms with Crippen LogP contribution in [0.1, 0.15) is 81.0 Å². The van der Waals surface area contributed by atoms with E-state index < -0.39 is 10.0 Å². The SMILES string of the molecule is CC(C)N1CCC(CS(=O)(=O)N[C@H]2CC=CC[C@H](NC(=O)c3cc(C4CC4)on3)C2)CC1. The Morgan fingerprint density at radius 1 is 1.16 bits per heavy atom. The van der Waals surface area contributed by atoms with Crippen molar-refractivity contribution in [3.8, 4) is 0 Å². The number of aromatic nitrogens is 1. The van der Waals surface area contributed by atoms with Crippen molar-refractivity contribution in [2.45, 2.75) is 82.8 Å². The van der Waals surface area contributed by atoms with Gasteiger partial charge in [0, 0.05) is 30.1 Å². The normalized spacial score (nSPS) is 25.7. The maximum Gasteiger partial charge on any atom is 0.273 e. The summed E-state index contributed by atoms with van der Waals surface area (Å²) in [7, 11) is -3.38. The molecule has 0 aromatic carbocycles. The van der Waals surface area contributed by atoms with Crippen LogP contribution in [0.4, 0.5) is 0 Å². The molecule has 2 fully saturated rings. The number of nitrogens with zero attached hydrogens (tertiary/aromatic N) is 2. The topological polar surface area (TPSA) is 105 Å². The molecule has 3 aliphatic rings. The van der Waals surface area contributed by atoms with E-state index in [1.165, 1.54) is 0 Å². The van der Waals surface area contributed by atoms with Crippen LogP contribution in [-0.2, 0) is 10.0 Å². The van der Waals surface area contributed by atoms with Gasteiger partial charge in [0.15, 0.2) is 5.69 Å². The molecule has 32 heavy (non-hydrogen) atoms. The van der Waals surface area contributed by atoms with Gasteiger partial charge in [0.05, 0.1) is 5.75 Å². The molecule has 9 heteroatoms. The van der Waals surface area contributed by atoms with Gasteiger partial charge in [-0.05, 0) is 77.8 Å². The fraction of sp³-hybridized carbons (Fsp3) is 0.739. The molecule has 1 aromatic rings. The quantitative estimate of drug-likeness (QED) is 0.573. The lowest BCUT2D eigenvalue weighted by atomic mass is 9.98. The van der Waals surface area contributed by atoms with E-state index in [4.69, 9.17) is 4.52 Å². The maximum atomic E-state index is 12.9. The molecule has 2 heterocycles. The molecule has 0 bridgehead atoms. The zero-order valence-corrected chi connectivity index (χ0v) is 19.9. The summed E-state index contributed by atoms with van der Waals surface area (Å²) in [6, 6.07) is 1.86. The second kappa shape index (κ2) is 10.1. The van der Waals surface area contributed by atoms with Gasteiger partial charge in [-0.1, -0.05) is 17.3 Å². The van der Waals surface area contributed by atoms with Crippen molar-refractivity contribution in [1.29, 1.82) is 0 Å². The molecule has 8 nitrogen and oxygen atoms in total. The Hall–Kier alpha value is -1.71. The highest BCUT2D eigenvalue weighted by atomic mass is 32.2. The van der Waals surface area contributed by atoms with E-state index in [1.54, 1.807) is 6.07 Å². The summed E-state index contributed by atoms with van der Waals surface area (Å²) in [6.07, 6.45) is 9.88. The molecular formula is C23H36N4O4S. The Bertz CT molecular complexity index is 914. The van der Waals surface area contributed by atoms with E-state index >= 15 is 0 Å². The molecule has 1 aromatic heterocycles. The van der Waals surface area contributed by atoms with Gasteiger partial charge in [0.1, 0.15) is 5.76 Å². The van der Waals surface area contributed by atoms with E-state index in [9.17, 15) is 13.2 Å².